The molecule has 2 aromatic rings. The van der Waals surface area contributed by atoms with E-state index in [1.807, 2.05) is 38.1 Å². The van der Waals surface area contributed by atoms with Gasteiger partial charge in [0.05, 0.1) is 25.1 Å². The molecule has 0 saturated carbocycles. The van der Waals surface area contributed by atoms with Crippen molar-refractivity contribution in [3.63, 3.8) is 0 Å². The highest BCUT2D eigenvalue weighted by Gasteiger charge is 2.25. The number of ether oxygens (including phenoxy) is 1. The van der Waals surface area contributed by atoms with Crippen LogP contribution in [0.5, 0.6) is 5.75 Å². The van der Waals surface area contributed by atoms with Crippen LogP contribution in [-0.4, -0.2) is 35.1 Å². The molecule has 6 nitrogen and oxygen atoms in total. The fraction of sp³-hybridized carbons (Fsp3) is 0.312. The first-order valence-electron chi connectivity index (χ1n) is 7.22. The number of para-hydroxylation sites is 1. The highest BCUT2D eigenvalue weighted by atomic mass is 16.5. The van der Waals surface area contributed by atoms with E-state index in [1.165, 1.54) is 0 Å². The Labute approximate surface area is 128 Å². The minimum absolute atomic E-state index is 0.147. The maximum Gasteiger partial charge on any atom is 0.272 e. The van der Waals surface area contributed by atoms with Crippen molar-refractivity contribution in [2.75, 3.05) is 13.7 Å². The van der Waals surface area contributed by atoms with Gasteiger partial charge in [-0.1, -0.05) is 12.1 Å². The Morgan fingerprint density at radius 2 is 2.14 bits per heavy atom. The van der Waals surface area contributed by atoms with Crippen LogP contribution in [-0.2, 0) is 6.54 Å². The number of nitrogens with one attached hydrogen (secondary N) is 1. The average molecular weight is 298 g/mol. The van der Waals surface area contributed by atoms with Gasteiger partial charge in [0.2, 0.25) is 0 Å². The van der Waals surface area contributed by atoms with Gasteiger partial charge in [0.15, 0.2) is 5.69 Å². The Balaban J connectivity index is 2.17. The standard InChI is InChI=1S/C16H18N4O2/c1-4-20-15-14(10(2)19-20)18-12(9-17-16(15)21)11-7-5-6-8-13(11)22-3/h5-8H,4,9H2,1-3H3,(H,17,21). The number of hydrogen-bond acceptors (Lipinski definition) is 4. The molecule has 3 rings (SSSR count). The molecule has 1 N–H and O–H groups in total. The van der Waals surface area contributed by atoms with Crippen LogP contribution >= 0.6 is 0 Å². The molecule has 22 heavy (non-hydrogen) atoms. The summed E-state index contributed by atoms with van der Waals surface area (Å²) in [6, 6.07) is 7.66. The van der Waals surface area contributed by atoms with Gasteiger partial charge in [-0.25, -0.2) is 4.99 Å². The fourth-order valence-corrected chi connectivity index (χ4v) is 2.62. The van der Waals surface area contributed by atoms with Crippen molar-refractivity contribution in [2.24, 2.45) is 4.99 Å². The summed E-state index contributed by atoms with van der Waals surface area (Å²) in [5.74, 6) is 0.589. The largest absolute Gasteiger partial charge is 0.496 e. The minimum atomic E-state index is -0.147. The molecule has 1 aromatic heterocycles. The first kappa shape index (κ1) is 14.3. The van der Waals surface area contributed by atoms with E-state index in [2.05, 4.69) is 10.4 Å². The molecular formula is C16H18N4O2. The van der Waals surface area contributed by atoms with Gasteiger partial charge in [-0.05, 0) is 26.0 Å². The van der Waals surface area contributed by atoms with Crippen LogP contribution in [0.2, 0.25) is 0 Å². The highest BCUT2D eigenvalue weighted by Crippen LogP contribution is 2.28. The molecule has 0 unspecified atom stereocenters. The summed E-state index contributed by atoms with van der Waals surface area (Å²) < 4.78 is 7.09. The van der Waals surface area contributed by atoms with Gasteiger partial charge in [0.25, 0.3) is 5.91 Å². The summed E-state index contributed by atoms with van der Waals surface area (Å²) in [6.07, 6.45) is 0. The molecule has 114 valence electrons. The molecule has 0 bridgehead atoms. The molecular weight excluding hydrogens is 280 g/mol. The number of rotatable bonds is 3. The van der Waals surface area contributed by atoms with Crippen LogP contribution in [0.4, 0.5) is 5.69 Å². The summed E-state index contributed by atoms with van der Waals surface area (Å²) in [6.45, 7) is 4.81. The van der Waals surface area contributed by atoms with Crippen molar-refractivity contribution in [3.8, 4) is 5.75 Å². The predicted octanol–water partition coefficient (Wildman–Crippen LogP) is 2.08. The van der Waals surface area contributed by atoms with Gasteiger partial charge in [-0.3, -0.25) is 9.48 Å². The zero-order valence-electron chi connectivity index (χ0n) is 12.9. The number of aromatic nitrogens is 2. The molecule has 1 aliphatic heterocycles. The fourth-order valence-electron chi connectivity index (χ4n) is 2.62. The summed E-state index contributed by atoms with van der Waals surface area (Å²) in [4.78, 5) is 17.1. The molecule has 0 saturated heterocycles. The van der Waals surface area contributed by atoms with E-state index in [9.17, 15) is 4.79 Å². The van der Waals surface area contributed by atoms with Crippen LogP contribution in [0, 0.1) is 6.92 Å². The minimum Gasteiger partial charge on any atom is -0.496 e. The quantitative estimate of drug-likeness (QED) is 0.943. The maximum absolute atomic E-state index is 12.4. The topological polar surface area (TPSA) is 68.5 Å². The van der Waals surface area contributed by atoms with Crippen LogP contribution in [0.15, 0.2) is 29.3 Å². The first-order chi connectivity index (χ1) is 10.7. The second kappa shape index (κ2) is 5.63. The maximum atomic E-state index is 12.4. The summed E-state index contributed by atoms with van der Waals surface area (Å²) >= 11 is 0. The SMILES string of the molecule is CCn1nc(C)c2c1C(=O)NCC(c1ccccc1OC)=N2. The number of hydrogen-bond donors (Lipinski definition) is 1. The molecule has 1 amide bonds. The number of benzene rings is 1. The van der Waals surface area contributed by atoms with Gasteiger partial charge in [0.1, 0.15) is 11.4 Å². The number of nitrogens with zero attached hydrogens (tertiary/aromatic N) is 3. The number of carbonyl (C=O) groups is 1. The highest BCUT2D eigenvalue weighted by molar-refractivity contribution is 6.11. The molecule has 0 atom stereocenters. The zero-order valence-corrected chi connectivity index (χ0v) is 12.9. The van der Waals surface area contributed by atoms with Crippen molar-refractivity contribution in [1.29, 1.82) is 0 Å². The Bertz CT molecular complexity index is 762. The van der Waals surface area contributed by atoms with E-state index >= 15 is 0 Å². The number of aliphatic imine (C=N–C) groups is 1. The lowest BCUT2D eigenvalue weighted by Crippen LogP contribution is -2.30. The van der Waals surface area contributed by atoms with Gasteiger partial charge in [-0.15, -0.1) is 0 Å². The van der Waals surface area contributed by atoms with Crippen LogP contribution in [0.1, 0.15) is 28.7 Å². The van der Waals surface area contributed by atoms with Crippen molar-refractivity contribution in [3.05, 3.63) is 41.2 Å². The van der Waals surface area contributed by atoms with Gasteiger partial charge >= 0.3 is 0 Å². The molecule has 1 aromatic carbocycles. The Morgan fingerprint density at radius 3 is 2.86 bits per heavy atom. The Hall–Kier alpha value is -2.63. The van der Waals surface area contributed by atoms with Crippen molar-refractivity contribution in [1.82, 2.24) is 15.1 Å². The lowest BCUT2D eigenvalue weighted by molar-refractivity contribution is 0.0950. The second-order valence-corrected chi connectivity index (χ2v) is 5.04. The molecule has 6 heteroatoms. The molecule has 0 spiro atoms. The number of carbonyl (C=O) groups excluding carboxylic acids is 1. The third-order valence-corrected chi connectivity index (χ3v) is 3.69. The van der Waals surface area contributed by atoms with Crippen LogP contribution < -0.4 is 10.1 Å². The number of amides is 1. The van der Waals surface area contributed by atoms with Gasteiger partial charge in [-0.2, -0.15) is 5.10 Å². The third-order valence-electron chi connectivity index (χ3n) is 3.69. The van der Waals surface area contributed by atoms with E-state index < -0.39 is 0 Å². The average Bonchev–Trinajstić information content (AvgIpc) is 2.75. The summed E-state index contributed by atoms with van der Waals surface area (Å²) in [5.41, 5.74) is 3.55. The Kier molecular flexibility index (Phi) is 3.66. The van der Waals surface area contributed by atoms with Gasteiger partial charge in [0, 0.05) is 12.1 Å². The number of fused-ring (bicyclic) bond motifs is 1. The van der Waals surface area contributed by atoms with E-state index in [-0.39, 0.29) is 5.91 Å². The van der Waals surface area contributed by atoms with E-state index in [1.54, 1.807) is 11.8 Å². The van der Waals surface area contributed by atoms with Crippen molar-refractivity contribution < 1.29 is 9.53 Å². The Morgan fingerprint density at radius 1 is 1.36 bits per heavy atom. The molecule has 0 radical (unpaired) electrons. The normalized spacial score (nSPS) is 14.0. The summed E-state index contributed by atoms with van der Waals surface area (Å²) in [7, 11) is 1.63. The van der Waals surface area contributed by atoms with Crippen molar-refractivity contribution in [2.45, 2.75) is 20.4 Å². The first-order valence-corrected chi connectivity index (χ1v) is 7.22. The van der Waals surface area contributed by atoms with E-state index in [4.69, 9.17) is 9.73 Å². The lowest BCUT2D eigenvalue weighted by atomic mass is 10.1. The van der Waals surface area contributed by atoms with Gasteiger partial charge < -0.3 is 10.1 Å². The molecule has 0 aliphatic carbocycles. The molecule has 1 aliphatic rings. The van der Waals surface area contributed by atoms with Crippen molar-refractivity contribution >= 4 is 17.3 Å². The second-order valence-electron chi connectivity index (χ2n) is 5.04. The zero-order chi connectivity index (χ0) is 15.7. The van der Waals surface area contributed by atoms with Crippen LogP contribution in [0.25, 0.3) is 0 Å². The lowest BCUT2D eigenvalue weighted by Gasteiger charge is -2.10. The predicted molar refractivity (Wildman–Crippen MR) is 84.2 cm³/mol. The van der Waals surface area contributed by atoms with E-state index in [0.717, 1.165) is 22.7 Å². The third kappa shape index (κ3) is 2.26. The monoisotopic (exact) mass is 298 g/mol. The van der Waals surface area contributed by atoms with Crippen LogP contribution in [0.3, 0.4) is 0 Å². The van der Waals surface area contributed by atoms with E-state index in [0.29, 0.717) is 24.5 Å². The molecule has 2 heterocycles. The molecule has 0 fully saturated rings. The summed E-state index contributed by atoms with van der Waals surface area (Å²) in [5, 5.41) is 7.29. The number of methoxy groups -OCH3 is 1. The smallest absolute Gasteiger partial charge is 0.272 e. The number of aryl methyl sites for hydroxylation is 2.